The van der Waals surface area contributed by atoms with Gasteiger partial charge in [-0.05, 0) is 32.2 Å². The molecule has 0 aliphatic carbocycles. The van der Waals surface area contributed by atoms with E-state index in [-0.39, 0.29) is 12.0 Å². The highest BCUT2D eigenvalue weighted by molar-refractivity contribution is 5.77. The van der Waals surface area contributed by atoms with Gasteiger partial charge in [-0.3, -0.25) is 4.79 Å². The van der Waals surface area contributed by atoms with Gasteiger partial charge in [-0.1, -0.05) is 13.8 Å². The SMILES string of the molecule is CC(C)CNC(=O)CNCCCC(C)O. The average Bonchev–Trinajstić information content (AvgIpc) is 2.13. The van der Waals surface area contributed by atoms with Gasteiger partial charge in [0, 0.05) is 6.54 Å². The summed E-state index contributed by atoms with van der Waals surface area (Å²) in [4.78, 5) is 11.2. The lowest BCUT2D eigenvalue weighted by Gasteiger charge is -2.08. The summed E-state index contributed by atoms with van der Waals surface area (Å²) in [5, 5.41) is 14.9. The zero-order valence-electron chi connectivity index (χ0n) is 10.0. The molecule has 0 rings (SSSR count). The minimum Gasteiger partial charge on any atom is -0.393 e. The van der Waals surface area contributed by atoms with E-state index in [4.69, 9.17) is 5.11 Å². The predicted molar refractivity (Wildman–Crippen MR) is 61.6 cm³/mol. The van der Waals surface area contributed by atoms with E-state index in [1.165, 1.54) is 0 Å². The Hall–Kier alpha value is -0.610. The van der Waals surface area contributed by atoms with E-state index in [0.29, 0.717) is 12.5 Å². The van der Waals surface area contributed by atoms with Crippen LogP contribution in [0.25, 0.3) is 0 Å². The van der Waals surface area contributed by atoms with E-state index < -0.39 is 0 Å². The minimum absolute atomic E-state index is 0.0424. The van der Waals surface area contributed by atoms with E-state index in [9.17, 15) is 4.79 Å². The van der Waals surface area contributed by atoms with E-state index in [1.807, 2.05) is 0 Å². The van der Waals surface area contributed by atoms with Gasteiger partial charge in [0.15, 0.2) is 0 Å². The van der Waals surface area contributed by atoms with Gasteiger partial charge >= 0.3 is 0 Å². The molecule has 0 heterocycles. The van der Waals surface area contributed by atoms with Crippen molar-refractivity contribution in [2.75, 3.05) is 19.6 Å². The molecule has 3 N–H and O–H groups in total. The second kappa shape index (κ2) is 8.68. The first-order valence-electron chi connectivity index (χ1n) is 5.68. The smallest absolute Gasteiger partial charge is 0.233 e. The van der Waals surface area contributed by atoms with Crippen LogP contribution in [-0.2, 0) is 4.79 Å². The average molecular weight is 216 g/mol. The largest absolute Gasteiger partial charge is 0.393 e. The van der Waals surface area contributed by atoms with Crippen LogP contribution in [0.3, 0.4) is 0 Å². The van der Waals surface area contributed by atoms with Gasteiger partial charge in [-0.2, -0.15) is 0 Å². The Kier molecular flexibility index (Phi) is 8.33. The molecule has 0 radical (unpaired) electrons. The lowest BCUT2D eigenvalue weighted by molar-refractivity contribution is -0.120. The van der Waals surface area contributed by atoms with Gasteiger partial charge in [0.1, 0.15) is 0 Å². The Morgan fingerprint density at radius 2 is 2.00 bits per heavy atom. The molecule has 1 unspecified atom stereocenters. The number of carbonyl (C=O) groups excluding carboxylic acids is 1. The first kappa shape index (κ1) is 14.4. The van der Waals surface area contributed by atoms with Crippen molar-refractivity contribution >= 4 is 5.91 Å². The van der Waals surface area contributed by atoms with Crippen molar-refractivity contribution in [2.24, 2.45) is 5.92 Å². The number of hydrogen-bond acceptors (Lipinski definition) is 3. The van der Waals surface area contributed by atoms with Crippen LogP contribution in [0.15, 0.2) is 0 Å². The van der Waals surface area contributed by atoms with Crippen molar-refractivity contribution in [2.45, 2.75) is 39.7 Å². The Balaban J connectivity index is 3.24. The van der Waals surface area contributed by atoms with Crippen LogP contribution >= 0.6 is 0 Å². The summed E-state index contributed by atoms with van der Waals surface area (Å²) >= 11 is 0. The molecular formula is C11H24N2O2. The standard InChI is InChI=1S/C11H24N2O2/c1-9(2)7-13-11(15)8-12-6-4-5-10(3)14/h9-10,12,14H,4-8H2,1-3H3,(H,13,15). The van der Waals surface area contributed by atoms with E-state index >= 15 is 0 Å². The number of amides is 1. The second-order valence-electron chi connectivity index (χ2n) is 4.37. The molecule has 0 bridgehead atoms. The maximum absolute atomic E-state index is 11.2. The number of hydrogen-bond donors (Lipinski definition) is 3. The zero-order chi connectivity index (χ0) is 11.7. The molecular weight excluding hydrogens is 192 g/mol. The lowest BCUT2D eigenvalue weighted by atomic mass is 10.2. The van der Waals surface area contributed by atoms with Gasteiger partial charge in [0.2, 0.25) is 5.91 Å². The number of aliphatic hydroxyl groups excluding tert-OH is 1. The number of nitrogens with one attached hydrogen (secondary N) is 2. The van der Waals surface area contributed by atoms with E-state index in [1.54, 1.807) is 6.92 Å². The zero-order valence-corrected chi connectivity index (χ0v) is 10.0. The third-order valence-corrected chi connectivity index (χ3v) is 1.97. The normalized spacial score (nSPS) is 12.9. The van der Waals surface area contributed by atoms with Crippen LogP contribution < -0.4 is 10.6 Å². The predicted octanol–water partition coefficient (Wildman–Crippen LogP) is 0.509. The van der Waals surface area contributed by atoms with Crippen molar-refractivity contribution in [1.29, 1.82) is 0 Å². The van der Waals surface area contributed by atoms with Gasteiger partial charge in [0.05, 0.1) is 12.6 Å². The Morgan fingerprint density at radius 1 is 1.33 bits per heavy atom. The maximum Gasteiger partial charge on any atom is 0.233 e. The molecule has 4 nitrogen and oxygen atoms in total. The van der Waals surface area contributed by atoms with Crippen LogP contribution in [0.4, 0.5) is 0 Å². The van der Waals surface area contributed by atoms with Crippen LogP contribution in [-0.4, -0.2) is 36.8 Å². The molecule has 0 saturated carbocycles. The molecule has 90 valence electrons. The molecule has 0 aliphatic heterocycles. The highest BCUT2D eigenvalue weighted by atomic mass is 16.3. The van der Waals surface area contributed by atoms with E-state index in [2.05, 4.69) is 24.5 Å². The van der Waals surface area contributed by atoms with Crippen LogP contribution in [0, 0.1) is 5.92 Å². The van der Waals surface area contributed by atoms with Gasteiger partial charge in [0.25, 0.3) is 0 Å². The molecule has 0 aromatic rings. The van der Waals surface area contributed by atoms with Gasteiger partial charge < -0.3 is 15.7 Å². The summed E-state index contributed by atoms with van der Waals surface area (Å²) in [6, 6.07) is 0. The molecule has 0 aromatic heterocycles. The van der Waals surface area contributed by atoms with Crippen LogP contribution in [0.1, 0.15) is 33.6 Å². The molecule has 15 heavy (non-hydrogen) atoms. The molecule has 0 aliphatic rings. The lowest BCUT2D eigenvalue weighted by Crippen LogP contribution is -2.36. The van der Waals surface area contributed by atoms with Crippen molar-refractivity contribution in [1.82, 2.24) is 10.6 Å². The number of rotatable bonds is 8. The summed E-state index contributed by atoms with van der Waals surface area (Å²) < 4.78 is 0. The third kappa shape index (κ3) is 11.3. The summed E-state index contributed by atoms with van der Waals surface area (Å²) in [6.45, 7) is 7.78. The van der Waals surface area contributed by atoms with Crippen molar-refractivity contribution in [3.05, 3.63) is 0 Å². The first-order valence-corrected chi connectivity index (χ1v) is 5.68. The highest BCUT2D eigenvalue weighted by Gasteiger charge is 2.01. The fourth-order valence-electron chi connectivity index (χ4n) is 1.10. The molecule has 0 saturated heterocycles. The molecule has 0 fully saturated rings. The Bertz CT molecular complexity index is 170. The van der Waals surface area contributed by atoms with Crippen molar-refractivity contribution in [3.8, 4) is 0 Å². The van der Waals surface area contributed by atoms with Crippen molar-refractivity contribution in [3.63, 3.8) is 0 Å². The summed E-state index contributed by atoms with van der Waals surface area (Å²) in [5.74, 6) is 0.532. The summed E-state index contributed by atoms with van der Waals surface area (Å²) in [6.07, 6.45) is 1.43. The first-order chi connectivity index (χ1) is 7.02. The van der Waals surface area contributed by atoms with Crippen LogP contribution in [0.2, 0.25) is 0 Å². The summed E-state index contributed by atoms with van der Waals surface area (Å²) in [5.41, 5.74) is 0. The molecule has 0 spiro atoms. The fraction of sp³-hybridized carbons (Fsp3) is 0.909. The molecule has 4 heteroatoms. The molecule has 1 atom stereocenters. The quantitative estimate of drug-likeness (QED) is 0.518. The monoisotopic (exact) mass is 216 g/mol. The number of aliphatic hydroxyl groups is 1. The van der Waals surface area contributed by atoms with E-state index in [0.717, 1.165) is 25.9 Å². The van der Waals surface area contributed by atoms with Gasteiger partial charge in [-0.15, -0.1) is 0 Å². The second-order valence-corrected chi connectivity index (χ2v) is 4.37. The number of carbonyl (C=O) groups is 1. The summed E-state index contributed by atoms with van der Waals surface area (Å²) in [7, 11) is 0. The fourth-order valence-corrected chi connectivity index (χ4v) is 1.10. The maximum atomic E-state index is 11.2. The Labute approximate surface area is 92.4 Å². The molecule has 0 aromatic carbocycles. The topological polar surface area (TPSA) is 61.4 Å². The third-order valence-electron chi connectivity index (χ3n) is 1.97. The van der Waals surface area contributed by atoms with Crippen molar-refractivity contribution < 1.29 is 9.90 Å². The molecule has 1 amide bonds. The Morgan fingerprint density at radius 3 is 2.53 bits per heavy atom. The van der Waals surface area contributed by atoms with Crippen LogP contribution in [0.5, 0.6) is 0 Å². The highest BCUT2D eigenvalue weighted by Crippen LogP contribution is 1.93. The van der Waals surface area contributed by atoms with Gasteiger partial charge in [-0.25, -0.2) is 0 Å². The minimum atomic E-state index is -0.249.